The van der Waals surface area contributed by atoms with Crippen LogP contribution in [0.1, 0.15) is 25.7 Å². The summed E-state index contributed by atoms with van der Waals surface area (Å²) in [6.07, 6.45) is 6.41. The monoisotopic (exact) mass is 403 g/mol. The largest absolute Gasteiger partial charge is 0.491 e. The minimum atomic E-state index is 0.329. The van der Waals surface area contributed by atoms with E-state index < -0.39 is 0 Å². The Labute approximate surface area is 156 Å². The summed E-state index contributed by atoms with van der Waals surface area (Å²) in [7, 11) is 0. The number of rotatable bonds is 7. The van der Waals surface area contributed by atoms with E-state index in [-0.39, 0.29) is 0 Å². The van der Waals surface area contributed by atoms with Gasteiger partial charge in [0.05, 0.1) is 12.6 Å². The molecule has 5 nitrogen and oxygen atoms in total. The first-order valence-corrected chi connectivity index (χ1v) is 9.67. The lowest BCUT2D eigenvalue weighted by molar-refractivity contribution is 0.284. The first kappa shape index (κ1) is 16.6. The Morgan fingerprint density at radius 2 is 1.88 bits per heavy atom. The molecule has 4 rings (SSSR count). The highest BCUT2D eigenvalue weighted by atomic mass is 79.9. The number of aromatic nitrogens is 2. The van der Waals surface area contributed by atoms with Crippen LogP contribution in [0, 0.1) is 5.92 Å². The predicted molar refractivity (Wildman–Crippen MR) is 100 cm³/mol. The maximum absolute atomic E-state index is 5.98. The van der Waals surface area contributed by atoms with Crippen LogP contribution in [-0.4, -0.2) is 35.8 Å². The molecule has 0 N–H and O–H groups in total. The van der Waals surface area contributed by atoms with Gasteiger partial charge in [-0.05, 0) is 55.9 Å². The van der Waals surface area contributed by atoms with E-state index in [2.05, 4.69) is 30.8 Å². The Morgan fingerprint density at radius 3 is 2.68 bits per heavy atom. The summed E-state index contributed by atoms with van der Waals surface area (Å²) in [6, 6.07) is 10.2. The van der Waals surface area contributed by atoms with Gasteiger partial charge >= 0.3 is 0 Å². The zero-order valence-electron chi connectivity index (χ0n) is 14.1. The zero-order valence-corrected chi connectivity index (χ0v) is 15.7. The number of hydrogen-bond acceptors (Lipinski definition) is 5. The second-order valence-corrected chi connectivity index (χ2v) is 7.64. The molecule has 0 spiro atoms. The van der Waals surface area contributed by atoms with Gasteiger partial charge in [0.15, 0.2) is 0 Å². The Bertz CT molecular complexity index is 706. The van der Waals surface area contributed by atoms with Gasteiger partial charge in [-0.1, -0.05) is 15.9 Å². The average Bonchev–Trinajstić information content (AvgIpc) is 3.35. The minimum Gasteiger partial charge on any atom is -0.491 e. The highest BCUT2D eigenvalue weighted by Gasteiger charge is 2.27. The van der Waals surface area contributed by atoms with Crippen LogP contribution in [0.15, 0.2) is 41.1 Å². The molecule has 2 aromatic rings. The SMILES string of the molecule is Brc1ccc(OC[C@@H]2CCCN2c2cc(OCC3CC3)ncn2)cc1. The molecule has 1 aliphatic carbocycles. The summed E-state index contributed by atoms with van der Waals surface area (Å²) >= 11 is 3.45. The molecular formula is C19H22BrN3O2. The van der Waals surface area contributed by atoms with Crippen LogP contribution in [0.3, 0.4) is 0 Å². The van der Waals surface area contributed by atoms with Crippen molar-refractivity contribution in [3.05, 3.63) is 41.1 Å². The zero-order chi connectivity index (χ0) is 17.1. The number of hydrogen-bond donors (Lipinski definition) is 0. The van der Waals surface area contributed by atoms with Gasteiger partial charge in [-0.2, -0.15) is 0 Å². The highest BCUT2D eigenvalue weighted by Crippen LogP contribution is 2.30. The standard InChI is InChI=1S/C19H22BrN3O2/c20-15-5-7-17(8-6-15)24-12-16-2-1-9-23(16)18-10-19(22-13-21-18)25-11-14-3-4-14/h5-8,10,13-14,16H,1-4,9,11-12H2/t16-/m0/s1. The van der Waals surface area contributed by atoms with E-state index in [1.54, 1.807) is 6.33 Å². The van der Waals surface area contributed by atoms with E-state index in [0.29, 0.717) is 18.5 Å². The lowest BCUT2D eigenvalue weighted by atomic mass is 10.2. The van der Waals surface area contributed by atoms with Crippen LogP contribution < -0.4 is 14.4 Å². The summed E-state index contributed by atoms with van der Waals surface area (Å²) in [4.78, 5) is 11.0. The minimum absolute atomic E-state index is 0.329. The quantitative estimate of drug-likeness (QED) is 0.696. The predicted octanol–water partition coefficient (Wildman–Crippen LogP) is 4.08. The molecule has 1 saturated heterocycles. The van der Waals surface area contributed by atoms with Crippen molar-refractivity contribution in [1.29, 1.82) is 0 Å². The fraction of sp³-hybridized carbons (Fsp3) is 0.474. The van der Waals surface area contributed by atoms with Crippen LogP contribution in [0.5, 0.6) is 11.6 Å². The average molecular weight is 404 g/mol. The molecule has 6 heteroatoms. The number of anilines is 1. The molecule has 1 aromatic carbocycles. The number of nitrogens with zero attached hydrogens (tertiary/aromatic N) is 3. The van der Waals surface area contributed by atoms with E-state index >= 15 is 0 Å². The smallest absolute Gasteiger partial charge is 0.218 e. The molecule has 132 valence electrons. The Kier molecular flexibility index (Phi) is 5.06. The third kappa shape index (κ3) is 4.42. The first-order chi connectivity index (χ1) is 12.3. The maximum atomic E-state index is 5.98. The molecule has 25 heavy (non-hydrogen) atoms. The molecule has 1 atom stereocenters. The molecule has 2 aliphatic rings. The number of benzene rings is 1. The molecule has 0 unspecified atom stereocenters. The number of halogens is 1. The van der Waals surface area contributed by atoms with Crippen LogP contribution in [0.25, 0.3) is 0 Å². The Morgan fingerprint density at radius 1 is 1.04 bits per heavy atom. The van der Waals surface area contributed by atoms with E-state index in [1.165, 1.54) is 12.8 Å². The normalized spacial score (nSPS) is 19.9. The van der Waals surface area contributed by atoms with E-state index in [1.807, 2.05) is 30.3 Å². The van der Waals surface area contributed by atoms with Gasteiger partial charge in [0.2, 0.25) is 5.88 Å². The van der Waals surface area contributed by atoms with Gasteiger partial charge in [0.1, 0.15) is 24.5 Å². The molecule has 0 amide bonds. The topological polar surface area (TPSA) is 47.5 Å². The van der Waals surface area contributed by atoms with Crippen molar-refractivity contribution < 1.29 is 9.47 Å². The molecule has 1 aliphatic heterocycles. The van der Waals surface area contributed by atoms with E-state index in [0.717, 1.165) is 48.0 Å². The molecule has 1 aromatic heterocycles. The van der Waals surface area contributed by atoms with Crippen molar-refractivity contribution in [2.75, 3.05) is 24.7 Å². The fourth-order valence-electron chi connectivity index (χ4n) is 3.09. The van der Waals surface area contributed by atoms with Gasteiger partial charge in [-0.3, -0.25) is 0 Å². The molecular weight excluding hydrogens is 382 g/mol. The highest BCUT2D eigenvalue weighted by molar-refractivity contribution is 9.10. The third-order valence-corrected chi connectivity index (χ3v) is 5.25. The fourth-order valence-corrected chi connectivity index (χ4v) is 3.35. The lowest BCUT2D eigenvalue weighted by Crippen LogP contribution is -2.34. The van der Waals surface area contributed by atoms with Crippen LogP contribution in [0.2, 0.25) is 0 Å². The van der Waals surface area contributed by atoms with Crippen molar-refractivity contribution in [2.24, 2.45) is 5.92 Å². The maximum Gasteiger partial charge on any atom is 0.218 e. The second-order valence-electron chi connectivity index (χ2n) is 6.72. The van der Waals surface area contributed by atoms with Crippen LogP contribution in [0.4, 0.5) is 5.82 Å². The number of ether oxygens (including phenoxy) is 2. The van der Waals surface area contributed by atoms with Gasteiger partial charge < -0.3 is 14.4 Å². The summed E-state index contributed by atoms with van der Waals surface area (Å²) in [5.74, 6) is 3.22. The Hall–Kier alpha value is -1.82. The van der Waals surface area contributed by atoms with Crippen molar-refractivity contribution in [3.63, 3.8) is 0 Å². The molecule has 2 heterocycles. The van der Waals surface area contributed by atoms with Crippen molar-refractivity contribution >= 4 is 21.7 Å². The summed E-state index contributed by atoms with van der Waals surface area (Å²) < 4.78 is 12.8. The van der Waals surface area contributed by atoms with Gasteiger partial charge in [0.25, 0.3) is 0 Å². The molecule has 1 saturated carbocycles. The molecule has 2 fully saturated rings. The van der Waals surface area contributed by atoms with Gasteiger partial charge in [-0.15, -0.1) is 0 Å². The van der Waals surface area contributed by atoms with Crippen LogP contribution in [-0.2, 0) is 0 Å². The van der Waals surface area contributed by atoms with E-state index in [9.17, 15) is 0 Å². The summed E-state index contributed by atoms with van der Waals surface area (Å²) in [6.45, 7) is 2.42. The van der Waals surface area contributed by atoms with Gasteiger partial charge in [-0.25, -0.2) is 9.97 Å². The molecule has 0 radical (unpaired) electrons. The molecule has 0 bridgehead atoms. The second kappa shape index (κ2) is 7.60. The van der Waals surface area contributed by atoms with Gasteiger partial charge in [0, 0.05) is 17.1 Å². The summed E-state index contributed by atoms with van der Waals surface area (Å²) in [5, 5.41) is 0. The van der Waals surface area contributed by atoms with Crippen molar-refractivity contribution in [2.45, 2.75) is 31.7 Å². The first-order valence-electron chi connectivity index (χ1n) is 8.88. The summed E-state index contributed by atoms with van der Waals surface area (Å²) in [5.41, 5.74) is 0. The Balaban J connectivity index is 1.38. The van der Waals surface area contributed by atoms with E-state index in [4.69, 9.17) is 9.47 Å². The van der Waals surface area contributed by atoms with Crippen molar-refractivity contribution in [3.8, 4) is 11.6 Å². The van der Waals surface area contributed by atoms with Crippen molar-refractivity contribution in [1.82, 2.24) is 9.97 Å². The lowest BCUT2D eigenvalue weighted by Gasteiger charge is -2.25. The van der Waals surface area contributed by atoms with Crippen LogP contribution >= 0.6 is 15.9 Å². The third-order valence-electron chi connectivity index (χ3n) is 4.72.